The number of rotatable bonds is 4. The molecule has 4 rings (SSSR count). The van der Waals surface area contributed by atoms with Gasteiger partial charge in [0.05, 0.1) is 0 Å². The predicted octanol–water partition coefficient (Wildman–Crippen LogP) is 3.51. The molecule has 2 fully saturated rings. The number of nitrogens with one attached hydrogen (secondary N) is 1. The van der Waals surface area contributed by atoms with Gasteiger partial charge in [-0.25, -0.2) is 0 Å². The van der Waals surface area contributed by atoms with Crippen LogP contribution in [0.15, 0.2) is 48.8 Å². The normalized spacial score (nSPS) is 26.1. The molecule has 1 N–H and O–H groups in total. The van der Waals surface area contributed by atoms with Gasteiger partial charge in [-0.1, -0.05) is 6.07 Å². The van der Waals surface area contributed by atoms with Gasteiger partial charge in [0.1, 0.15) is 0 Å². The topological polar surface area (TPSA) is 20.2 Å². The lowest BCUT2D eigenvalue weighted by Crippen LogP contribution is -2.31. The first-order valence-electron chi connectivity index (χ1n) is 8.05. The monoisotopic (exact) mass is 281 g/mol. The minimum atomic E-state index is 0.584. The second-order valence-corrected chi connectivity index (χ2v) is 6.49. The van der Waals surface area contributed by atoms with Gasteiger partial charge < -0.3 is 9.88 Å². The smallest absolute Gasteiger partial charge is 0.0469 e. The van der Waals surface area contributed by atoms with Crippen molar-refractivity contribution >= 4 is 5.69 Å². The summed E-state index contributed by atoms with van der Waals surface area (Å²) in [4.78, 5) is 2.69. The summed E-state index contributed by atoms with van der Waals surface area (Å²) in [6.45, 7) is 3.57. The third-order valence-electron chi connectivity index (χ3n) is 4.76. The molecule has 1 saturated heterocycles. The van der Waals surface area contributed by atoms with E-state index < -0.39 is 0 Å². The van der Waals surface area contributed by atoms with Gasteiger partial charge in [-0.3, -0.25) is 4.90 Å². The second-order valence-electron chi connectivity index (χ2n) is 6.49. The summed E-state index contributed by atoms with van der Waals surface area (Å²) in [7, 11) is 0. The van der Waals surface area contributed by atoms with Crippen molar-refractivity contribution in [3.8, 4) is 5.69 Å². The molecule has 3 nitrogen and oxygen atoms in total. The van der Waals surface area contributed by atoms with Gasteiger partial charge >= 0.3 is 0 Å². The Morgan fingerprint density at radius 1 is 1.10 bits per heavy atom. The molecule has 0 radical (unpaired) electrons. The van der Waals surface area contributed by atoms with E-state index >= 15 is 0 Å². The molecule has 21 heavy (non-hydrogen) atoms. The molecule has 2 heterocycles. The molecule has 1 aliphatic heterocycles. The number of hydrogen-bond donors (Lipinski definition) is 1. The van der Waals surface area contributed by atoms with E-state index in [1.165, 1.54) is 37.2 Å². The Balaban J connectivity index is 1.46. The highest BCUT2D eigenvalue weighted by Crippen LogP contribution is 2.34. The molecule has 0 spiro atoms. The van der Waals surface area contributed by atoms with Gasteiger partial charge in [0.25, 0.3) is 0 Å². The van der Waals surface area contributed by atoms with Gasteiger partial charge in [0, 0.05) is 48.4 Å². The molecule has 110 valence electrons. The lowest BCUT2D eigenvalue weighted by atomic mass is 10.1. The fraction of sp³-hybridized carbons (Fsp3) is 0.444. The van der Waals surface area contributed by atoms with Crippen LogP contribution in [0.3, 0.4) is 0 Å². The fourth-order valence-electron chi connectivity index (χ4n) is 3.57. The second kappa shape index (κ2) is 5.23. The summed E-state index contributed by atoms with van der Waals surface area (Å²) >= 11 is 0. The molecule has 1 saturated carbocycles. The van der Waals surface area contributed by atoms with Crippen molar-refractivity contribution in [3.05, 3.63) is 48.8 Å². The largest absolute Gasteiger partial charge is 0.381 e. The summed E-state index contributed by atoms with van der Waals surface area (Å²) in [5, 5.41) is 3.73. The molecule has 0 bridgehead atoms. The molecule has 1 aromatic carbocycles. The van der Waals surface area contributed by atoms with E-state index in [-0.39, 0.29) is 0 Å². The maximum Gasteiger partial charge on any atom is 0.0469 e. The maximum absolute atomic E-state index is 3.73. The number of hydrogen-bond acceptors (Lipinski definition) is 2. The maximum atomic E-state index is 3.73. The van der Waals surface area contributed by atoms with Crippen LogP contribution < -0.4 is 5.32 Å². The van der Waals surface area contributed by atoms with Gasteiger partial charge in [0.15, 0.2) is 0 Å². The molecule has 0 amide bonds. The Bertz CT molecular complexity index is 601. The minimum Gasteiger partial charge on any atom is -0.381 e. The van der Waals surface area contributed by atoms with Crippen LogP contribution in [0.4, 0.5) is 5.69 Å². The highest BCUT2D eigenvalue weighted by Gasteiger charge is 2.38. The van der Waals surface area contributed by atoms with E-state index in [0.717, 1.165) is 12.1 Å². The lowest BCUT2D eigenvalue weighted by molar-refractivity contribution is 0.257. The Labute approximate surface area is 126 Å². The molecule has 3 heteroatoms. The van der Waals surface area contributed by atoms with E-state index in [2.05, 4.69) is 70.5 Å². The van der Waals surface area contributed by atoms with E-state index in [9.17, 15) is 0 Å². The first kappa shape index (κ1) is 13.0. The van der Waals surface area contributed by atoms with Gasteiger partial charge in [0.2, 0.25) is 0 Å². The van der Waals surface area contributed by atoms with Crippen molar-refractivity contribution < 1.29 is 0 Å². The molecule has 1 aliphatic carbocycles. The molecule has 1 aromatic heterocycles. The lowest BCUT2D eigenvalue weighted by Gasteiger charge is -2.20. The van der Waals surface area contributed by atoms with E-state index in [4.69, 9.17) is 0 Å². The highest BCUT2D eigenvalue weighted by atomic mass is 15.3. The van der Waals surface area contributed by atoms with E-state index in [0.29, 0.717) is 6.04 Å². The molecule has 2 unspecified atom stereocenters. The third kappa shape index (κ3) is 2.70. The first-order valence-corrected chi connectivity index (χ1v) is 8.05. The third-order valence-corrected chi connectivity index (χ3v) is 4.76. The Kier molecular flexibility index (Phi) is 3.23. The molecule has 2 aromatic rings. The quantitative estimate of drug-likeness (QED) is 0.925. The zero-order valence-corrected chi connectivity index (χ0v) is 12.6. The van der Waals surface area contributed by atoms with E-state index in [1.54, 1.807) is 0 Å². The number of likely N-dealkylation sites (tertiary alicyclic amines) is 1. The van der Waals surface area contributed by atoms with Crippen molar-refractivity contribution in [3.63, 3.8) is 0 Å². The molecule has 2 atom stereocenters. The van der Waals surface area contributed by atoms with Crippen molar-refractivity contribution in [2.45, 2.75) is 44.3 Å². The van der Waals surface area contributed by atoms with E-state index in [1.807, 2.05) is 0 Å². The SMILES string of the molecule is CC1CC(Nc2cccc(-n3cccc3)c2)CN1C1CC1. The summed E-state index contributed by atoms with van der Waals surface area (Å²) < 4.78 is 2.15. The molecular formula is C18H23N3. The number of aromatic nitrogens is 1. The van der Waals surface area contributed by atoms with Crippen molar-refractivity contribution in [1.82, 2.24) is 9.47 Å². The first-order chi connectivity index (χ1) is 10.3. The zero-order chi connectivity index (χ0) is 14.2. The zero-order valence-electron chi connectivity index (χ0n) is 12.6. The highest BCUT2D eigenvalue weighted by molar-refractivity contribution is 5.52. The summed E-state index contributed by atoms with van der Waals surface area (Å²) in [6.07, 6.45) is 8.24. The Morgan fingerprint density at radius 2 is 1.90 bits per heavy atom. The predicted molar refractivity (Wildman–Crippen MR) is 87.0 cm³/mol. The van der Waals surface area contributed by atoms with Crippen LogP contribution in [0, 0.1) is 0 Å². The van der Waals surface area contributed by atoms with Crippen LogP contribution in [0.5, 0.6) is 0 Å². The summed E-state index contributed by atoms with van der Waals surface area (Å²) in [5.41, 5.74) is 2.45. The molecule has 2 aliphatic rings. The average molecular weight is 281 g/mol. The van der Waals surface area contributed by atoms with Crippen molar-refractivity contribution in [2.75, 3.05) is 11.9 Å². The molecular weight excluding hydrogens is 258 g/mol. The van der Waals surface area contributed by atoms with Crippen LogP contribution in [0.25, 0.3) is 5.69 Å². The Hall–Kier alpha value is -1.74. The standard InChI is InChI=1S/C18H23N3/c1-14-11-16(13-21(14)17-7-8-17)19-15-5-4-6-18(12-15)20-9-2-3-10-20/h2-6,9-10,12,14,16-17,19H,7-8,11,13H2,1H3. The van der Waals surface area contributed by atoms with Gasteiger partial charge in [-0.2, -0.15) is 0 Å². The van der Waals surface area contributed by atoms with Gasteiger partial charge in [-0.15, -0.1) is 0 Å². The van der Waals surface area contributed by atoms with Crippen molar-refractivity contribution in [1.29, 1.82) is 0 Å². The Morgan fingerprint density at radius 3 is 2.67 bits per heavy atom. The summed E-state index contributed by atoms with van der Waals surface area (Å²) in [5.74, 6) is 0. The number of nitrogens with zero attached hydrogens (tertiary/aromatic N) is 2. The fourth-order valence-corrected chi connectivity index (χ4v) is 3.57. The van der Waals surface area contributed by atoms with Crippen LogP contribution >= 0.6 is 0 Å². The number of anilines is 1. The number of benzene rings is 1. The minimum absolute atomic E-state index is 0.584. The van der Waals surface area contributed by atoms with Crippen LogP contribution in [-0.2, 0) is 0 Å². The summed E-state index contributed by atoms with van der Waals surface area (Å²) in [6, 6.07) is 15.0. The van der Waals surface area contributed by atoms with Crippen LogP contribution in [0.1, 0.15) is 26.2 Å². The van der Waals surface area contributed by atoms with Gasteiger partial charge in [-0.05, 0) is 56.5 Å². The van der Waals surface area contributed by atoms with Crippen LogP contribution in [0.2, 0.25) is 0 Å². The van der Waals surface area contributed by atoms with Crippen LogP contribution in [-0.4, -0.2) is 34.1 Å². The average Bonchev–Trinajstić information content (AvgIpc) is 3.04. The van der Waals surface area contributed by atoms with Crippen molar-refractivity contribution in [2.24, 2.45) is 0 Å².